The van der Waals surface area contributed by atoms with Crippen molar-refractivity contribution in [2.75, 3.05) is 0 Å². The summed E-state index contributed by atoms with van der Waals surface area (Å²) in [7, 11) is 0. The van der Waals surface area contributed by atoms with Gasteiger partial charge in [0.1, 0.15) is 0 Å². The number of fused-ring (bicyclic) bond motifs is 4. The summed E-state index contributed by atoms with van der Waals surface area (Å²) >= 11 is 1.74. The predicted octanol–water partition coefficient (Wildman–Crippen LogP) is 12.3. The zero-order valence-electron chi connectivity index (χ0n) is 26.0. The minimum Gasteiger partial charge on any atom is -0.309 e. The Balaban J connectivity index is 1.16. The van der Waals surface area contributed by atoms with E-state index in [0.717, 1.165) is 36.1 Å². The third kappa shape index (κ3) is 6.09. The van der Waals surface area contributed by atoms with Gasteiger partial charge in [-0.2, -0.15) is 0 Å². The molecule has 1 aliphatic heterocycles. The molecule has 4 aromatic carbocycles. The molecule has 7 rings (SSSR count). The molecule has 0 spiro atoms. The number of allylic oxidation sites excluding steroid dienone is 13. The van der Waals surface area contributed by atoms with Crippen LogP contribution in [0.4, 0.5) is 0 Å². The first-order valence-corrected chi connectivity index (χ1v) is 16.9. The molecular weight excluding hydrogens is 575 g/mol. The summed E-state index contributed by atoms with van der Waals surface area (Å²) in [5.74, 6) is 0.498. The van der Waals surface area contributed by atoms with Crippen LogP contribution in [0, 0.1) is 0 Å². The monoisotopic (exact) mass is 611 g/mol. The Labute approximate surface area is 276 Å². The number of nitrogens with zero attached hydrogens (tertiary/aromatic N) is 1. The number of para-hydroxylation sites is 1. The molecule has 2 aliphatic rings. The summed E-state index contributed by atoms with van der Waals surface area (Å²) < 4.78 is 2.36. The van der Waals surface area contributed by atoms with Gasteiger partial charge in [0.2, 0.25) is 0 Å². The number of thioether (sulfide) groups is 1. The highest BCUT2D eigenvalue weighted by Crippen LogP contribution is 2.38. The maximum absolute atomic E-state index is 4.45. The predicted molar refractivity (Wildman–Crippen MR) is 202 cm³/mol. The van der Waals surface area contributed by atoms with Gasteiger partial charge in [-0.05, 0) is 94.5 Å². The highest BCUT2D eigenvalue weighted by molar-refractivity contribution is 8.02. The lowest BCUT2D eigenvalue weighted by molar-refractivity contribution is 0.851. The Kier molecular flexibility index (Phi) is 8.72. The van der Waals surface area contributed by atoms with Crippen molar-refractivity contribution in [2.45, 2.75) is 30.1 Å². The first-order valence-electron chi connectivity index (χ1n) is 16.0. The van der Waals surface area contributed by atoms with Gasteiger partial charge in [0.05, 0.1) is 11.0 Å². The molecule has 0 saturated carbocycles. The number of hydrogen-bond donors (Lipinski definition) is 0. The molecule has 0 saturated heterocycles. The van der Waals surface area contributed by atoms with Crippen molar-refractivity contribution in [3.63, 3.8) is 0 Å². The minimum absolute atomic E-state index is 0.498. The van der Waals surface area contributed by atoms with E-state index in [0.29, 0.717) is 5.92 Å². The van der Waals surface area contributed by atoms with Crippen molar-refractivity contribution in [3.8, 4) is 0 Å². The molecule has 46 heavy (non-hydrogen) atoms. The van der Waals surface area contributed by atoms with Gasteiger partial charge >= 0.3 is 0 Å². The van der Waals surface area contributed by atoms with Gasteiger partial charge < -0.3 is 4.57 Å². The van der Waals surface area contributed by atoms with Gasteiger partial charge in [-0.3, -0.25) is 0 Å². The van der Waals surface area contributed by atoms with E-state index in [4.69, 9.17) is 0 Å². The van der Waals surface area contributed by atoms with Crippen LogP contribution in [0.25, 0.3) is 38.6 Å². The maximum atomic E-state index is 4.45. The van der Waals surface area contributed by atoms with Gasteiger partial charge in [0.25, 0.3) is 0 Å². The smallest absolute Gasteiger partial charge is 0.0541 e. The fourth-order valence-corrected chi connectivity index (χ4v) is 7.32. The molecule has 0 amide bonds. The van der Waals surface area contributed by atoms with E-state index < -0.39 is 0 Å². The molecule has 0 N–H and O–H groups in total. The lowest BCUT2D eigenvalue weighted by Crippen LogP contribution is -1.97. The first kappa shape index (κ1) is 29.6. The van der Waals surface area contributed by atoms with Gasteiger partial charge in [-0.1, -0.05) is 140 Å². The number of aromatic nitrogens is 1. The largest absolute Gasteiger partial charge is 0.309 e. The normalized spacial score (nSPS) is 18.3. The van der Waals surface area contributed by atoms with Crippen molar-refractivity contribution in [3.05, 3.63) is 193 Å². The zero-order valence-corrected chi connectivity index (χ0v) is 26.8. The molecule has 0 radical (unpaired) electrons. The van der Waals surface area contributed by atoms with E-state index in [2.05, 4.69) is 169 Å². The van der Waals surface area contributed by atoms with Crippen LogP contribution >= 0.6 is 11.8 Å². The van der Waals surface area contributed by atoms with Crippen LogP contribution in [-0.4, -0.2) is 4.57 Å². The van der Waals surface area contributed by atoms with Crippen LogP contribution in [0.1, 0.15) is 41.0 Å². The molecule has 0 bridgehead atoms. The lowest BCUT2D eigenvalue weighted by atomic mass is 9.91. The number of hydrogen-bond acceptors (Lipinski definition) is 1. The Morgan fingerprint density at radius 3 is 2.57 bits per heavy atom. The Bertz CT molecular complexity index is 2120. The Hall–Kier alpha value is -5.05. The molecule has 2 heteroatoms. The van der Waals surface area contributed by atoms with E-state index in [9.17, 15) is 0 Å². The highest BCUT2D eigenvalue weighted by atomic mass is 32.2. The molecular formula is C44H37NS. The average molecular weight is 612 g/mol. The second-order valence-corrected chi connectivity index (χ2v) is 12.7. The van der Waals surface area contributed by atoms with Gasteiger partial charge in [0.15, 0.2) is 0 Å². The van der Waals surface area contributed by atoms with Crippen molar-refractivity contribution in [1.29, 1.82) is 0 Å². The molecule has 5 aromatic rings. The van der Waals surface area contributed by atoms with Crippen molar-refractivity contribution in [2.24, 2.45) is 0 Å². The second-order valence-electron chi connectivity index (χ2n) is 11.8. The molecule has 1 aromatic heterocycles. The highest BCUT2D eigenvalue weighted by Gasteiger charge is 2.16. The van der Waals surface area contributed by atoms with Gasteiger partial charge in [-0.25, -0.2) is 0 Å². The van der Waals surface area contributed by atoms with E-state index in [-0.39, 0.29) is 0 Å². The second kappa shape index (κ2) is 13.5. The third-order valence-corrected chi connectivity index (χ3v) is 9.72. The fourth-order valence-electron chi connectivity index (χ4n) is 6.48. The average Bonchev–Trinajstić information content (AvgIpc) is 3.43. The quantitative estimate of drug-likeness (QED) is 0.158. The SMILES string of the molecule is C=C/C=C(\C=C/CCc1ccc(C2C=CC=CC2)cc1)c1ccc2c(c1)c1ccccc1n2C1=C/C(=C)c2ccccc2S/C=C\1. The van der Waals surface area contributed by atoms with Crippen molar-refractivity contribution in [1.82, 2.24) is 4.57 Å². The third-order valence-electron chi connectivity index (χ3n) is 8.84. The van der Waals surface area contributed by atoms with Crippen LogP contribution in [0.3, 0.4) is 0 Å². The summed E-state index contributed by atoms with van der Waals surface area (Å²) in [6.07, 6.45) is 24.8. The number of benzene rings is 4. The molecule has 2 heterocycles. The molecule has 1 unspecified atom stereocenters. The topological polar surface area (TPSA) is 4.93 Å². The van der Waals surface area contributed by atoms with E-state index in [1.807, 2.05) is 6.08 Å². The van der Waals surface area contributed by atoms with Gasteiger partial charge in [0, 0.05) is 27.3 Å². The molecule has 1 atom stereocenters. The first-order chi connectivity index (χ1) is 22.7. The summed E-state index contributed by atoms with van der Waals surface area (Å²) in [4.78, 5) is 1.23. The zero-order chi connectivity index (χ0) is 31.3. The van der Waals surface area contributed by atoms with Crippen LogP contribution < -0.4 is 0 Å². The molecule has 224 valence electrons. The van der Waals surface area contributed by atoms with Crippen molar-refractivity contribution >= 4 is 50.4 Å². The maximum Gasteiger partial charge on any atom is 0.0541 e. The summed E-state index contributed by atoms with van der Waals surface area (Å²) in [6.45, 7) is 8.46. The number of aryl methyl sites for hydroxylation is 1. The van der Waals surface area contributed by atoms with E-state index >= 15 is 0 Å². The fraction of sp³-hybridized carbons (Fsp3) is 0.0909. The van der Waals surface area contributed by atoms with E-state index in [1.165, 1.54) is 49.0 Å². The van der Waals surface area contributed by atoms with E-state index in [1.54, 1.807) is 11.8 Å². The number of rotatable bonds is 8. The molecule has 1 nitrogen and oxygen atoms in total. The van der Waals surface area contributed by atoms with Crippen LogP contribution in [0.15, 0.2) is 175 Å². The molecule has 0 fully saturated rings. The summed E-state index contributed by atoms with van der Waals surface area (Å²) in [5.41, 5.74) is 10.8. The summed E-state index contributed by atoms with van der Waals surface area (Å²) in [5, 5.41) is 4.65. The Morgan fingerprint density at radius 1 is 0.891 bits per heavy atom. The lowest BCUT2D eigenvalue weighted by Gasteiger charge is -2.15. The van der Waals surface area contributed by atoms with Crippen LogP contribution in [-0.2, 0) is 6.42 Å². The van der Waals surface area contributed by atoms with Crippen LogP contribution in [0.5, 0.6) is 0 Å². The summed E-state index contributed by atoms with van der Waals surface area (Å²) in [6, 6.07) is 33.1. The standard InChI is InChI=1S/C44H37NS/c1-3-13-34(17-8-7-14-33-22-24-36(25-23-33)35-15-5-4-6-16-35)37-26-27-43-41(31-37)40-19-9-11-20-42(40)45(43)38-28-29-46-44-21-12-10-18-39(44)32(2)30-38/h3-6,8-13,15,17-31,35H,1-2,7,14,16H2/b17-8-,29-28-,34-13+,38-30+. The minimum atomic E-state index is 0.498. The molecule has 1 aliphatic carbocycles. The van der Waals surface area contributed by atoms with Crippen molar-refractivity contribution < 1.29 is 0 Å². The Morgan fingerprint density at radius 2 is 1.72 bits per heavy atom. The van der Waals surface area contributed by atoms with Gasteiger partial charge in [-0.15, -0.1) is 0 Å². The van der Waals surface area contributed by atoms with Crippen LogP contribution in [0.2, 0.25) is 0 Å².